The van der Waals surface area contributed by atoms with E-state index in [-0.39, 0.29) is 18.3 Å². The van der Waals surface area contributed by atoms with Gasteiger partial charge in [-0.2, -0.15) is 0 Å². The molecule has 4 atom stereocenters. The molecule has 4 unspecified atom stereocenters. The SMILES string of the molecule is CC(O)C(CCN(C=O)OC(C)(C)C)C(C)OC1CCCCO1. The van der Waals surface area contributed by atoms with Gasteiger partial charge in [-0.3, -0.25) is 9.63 Å². The summed E-state index contributed by atoms with van der Waals surface area (Å²) in [6, 6.07) is 0. The van der Waals surface area contributed by atoms with Crippen LogP contribution in [0, 0.1) is 5.92 Å². The average Bonchev–Trinajstić information content (AvgIpc) is 2.45. The van der Waals surface area contributed by atoms with Crippen LogP contribution in [0.3, 0.4) is 0 Å². The minimum atomic E-state index is -0.531. The van der Waals surface area contributed by atoms with E-state index in [1.165, 1.54) is 5.06 Å². The van der Waals surface area contributed by atoms with E-state index >= 15 is 0 Å². The number of rotatable bonds is 9. The van der Waals surface area contributed by atoms with Crippen LogP contribution in [-0.4, -0.2) is 53.8 Å². The first-order valence-electron chi connectivity index (χ1n) is 8.59. The Hall–Kier alpha value is -0.690. The number of hydrogen-bond acceptors (Lipinski definition) is 5. The maximum absolute atomic E-state index is 11.1. The van der Waals surface area contributed by atoms with E-state index in [9.17, 15) is 9.90 Å². The van der Waals surface area contributed by atoms with E-state index in [2.05, 4.69) is 0 Å². The summed E-state index contributed by atoms with van der Waals surface area (Å²) >= 11 is 0. The van der Waals surface area contributed by atoms with Gasteiger partial charge in [0.1, 0.15) is 0 Å². The highest BCUT2D eigenvalue weighted by atomic mass is 16.7. The summed E-state index contributed by atoms with van der Waals surface area (Å²) in [6.45, 7) is 10.5. The molecule has 1 heterocycles. The largest absolute Gasteiger partial charge is 0.393 e. The molecule has 0 radical (unpaired) electrons. The number of nitrogens with zero attached hydrogens (tertiary/aromatic N) is 1. The number of carbonyl (C=O) groups is 1. The fourth-order valence-corrected chi connectivity index (χ4v) is 2.77. The van der Waals surface area contributed by atoms with E-state index in [0.717, 1.165) is 25.9 Å². The van der Waals surface area contributed by atoms with Crippen LogP contribution in [0.4, 0.5) is 0 Å². The normalized spacial score (nSPS) is 23.1. The molecular weight excluding hydrogens is 298 g/mol. The second kappa shape index (κ2) is 9.57. The van der Waals surface area contributed by atoms with Gasteiger partial charge in [-0.25, -0.2) is 5.06 Å². The van der Waals surface area contributed by atoms with Crippen molar-refractivity contribution >= 4 is 6.41 Å². The van der Waals surface area contributed by atoms with E-state index < -0.39 is 11.7 Å². The van der Waals surface area contributed by atoms with Gasteiger partial charge in [0.25, 0.3) is 0 Å². The second-order valence-corrected chi connectivity index (χ2v) is 7.28. The summed E-state index contributed by atoms with van der Waals surface area (Å²) in [4.78, 5) is 16.7. The van der Waals surface area contributed by atoms with Crippen LogP contribution in [-0.2, 0) is 19.1 Å². The lowest BCUT2D eigenvalue weighted by Gasteiger charge is -2.33. The maximum Gasteiger partial charge on any atom is 0.233 e. The van der Waals surface area contributed by atoms with E-state index in [4.69, 9.17) is 14.3 Å². The van der Waals surface area contributed by atoms with Crippen molar-refractivity contribution < 1.29 is 24.2 Å². The molecule has 1 saturated heterocycles. The van der Waals surface area contributed by atoms with Gasteiger partial charge in [0.05, 0.1) is 17.8 Å². The van der Waals surface area contributed by atoms with Crippen molar-refractivity contribution in [1.29, 1.82) is 0 Å². The van der Waals surface area contributed by atoms with Gasteiger partial charge >= 0.3 is 0 Å². The molecule has 1 aliphatic rings. The van der Waals surface area contributed by atoms with E-state index in [1.807, 2.05) is 27.7 Å². The van der Waals surface area contributed by atoms with Gasteiger partial charge in [0.2, 0.25) is 6.41 Å². The number of aliphatic hydroxyl groups is 1. The molecule has 0 spiro atoms. The predicted molar refractivity (Wildman–Crippen MR) is 87.5 cm³/mol. The molecule has 1 rings (SSSR count). The Bertz CT molecular complexity index is 336. The quantitative estimate of drug-likeness (QED) is 0.519. The average molecular weight is 331 g/mol. The zero-order valence-corrected chi connectivity index (χ0v) is 15.2. The lowest BCUT2D eigenvalue weighted by molar-refractivity contribution is -0.222. The van der Waals surface area contributed by atoms with Gasteiger partial charge in [0.15, 0.2) is 6.29 Å². The zero-order valence-electron chi connectivity index (χ0n) is 15.2. The van der Waals surface area contributed by atoms with Crippen molar-refractivity contribution in [2.45, 2.75) is 84.4 Å². The van der Waals surface area contributed by atoms with Crippen LogP contribution in [0.5, 0.6) is 0 Å². The van der Waals surface area contributed by atoms with Crippen molar-refractivity contribution in [2.75, 3.05) is 13.2 Å². The molecule has 23 heavy (non-hydrogen) atoms. The first-order valence-corrected chi connectivity index (χ1v) is 8.59. The van der Waals surface area contributed by atoms with Crippen molar-refractivity contribution in [3.63, 3.8) is 0 Å². The number of hydrogen-bond donors (Lipinski definition) is 1. The molecule has 0 aromatic rings. The van der Waals surface area contributed by atoms with Gasteiger partial charge < -0.3 is 14.6 Å². The molecule has 0 bridgehead atoms. The Kier molecular flexibility index (Phi) is 8.47. The fraction of sp³-hybridized carbons (Fsp3) is 0.941. The number of aliphatic hydroxyl groups excluding tert-OH is 1. The number of ether oxygens (including phenoxy) is 2. The fourth-order valence-electron chi connectivity index (χ4n) is 2.77. The number of hydroxylamine groups is 2. The maximum atomic E-state index is 11.1. The molecular formula is C17H33NO5. The summed E-state index contributed by atoms with van der Waals surface area (Å²) in [5, 5.41) is 11.4. The third kappa shape index (κ3) is 8.11. The van der Waals surface area contributed by atoms with Crippen molar-refractivity contribution in [3.8, 4) is 0 Å². The molecule has 6 nitrogen and oxygen atoms in total. The van der Waals surface area contributed by atoms with Crippen LogP contribution in [0.15, 0.2) is 0 Å². The van der Waals surface area contributed by atoms with Crippen LogP contribution in [0.1, 0.15) is 60.3 Å². The highest BCUT2D eigenvalue weighted by Gasteiger charge is 2.28. The Balaban J connectivity index is 2.50. The van der Waals surface area contributed by atoms with E-state index in [0.29, 0.717) is 19.4 Å². The molecule has 1 N–H and O–H groups in total. The van der Waals surface area contributed by atoms with Crippen LogP contribution in [0.2, 0.25) is 0 Å². The molecule has 1 aliphatic heterocycles. The van der Waals surface area contributed by atoms with Gasteiger partial charge in [-0.15, -0.1) is 0 Å². The van der Waals surface area contributed by atoms with Crippen LogP contribution in [0.25, 0.3) is 0 Å². The molecule has 1 amide bonds. The number of carbonyl (C=O) groups excluding carboxylic acids is 1. The van der Waals surface area contributed by atoms with Gasteiger partial charge in [0, 0.05) is 19.1 Å². The van der Waals surface area contributed by atoms with Crippen LogP contribution < -0.4 is 0 Å². The third-order valence-electron chi connectivity index (χ3n) is 3.92. The molecule has 6 heteroatoms. The predicted octanol–water partition coefficient (Wildman–Crippen LogP) is 2.49. The minimum Gasteiger partial charge on any atom is -0.393 e. The topological polar surface area (TPSA) is 68.2 Å². The summed E-state index contributed by atoms with van der Waals surface area (Å²) in [6.07, 6.45) is 3.48. The highest BCUT2D eigenvalue weighted by molar-refractivity contribution is 5.44. The van der Waals surface area contributed by atoms with Gasteiger partial charge in [-0.05, 0) is 60.3 Å². The van der Waals surface area contributed by atoms with E-state index in [1.54, 1.807) is 6.92 Å². The molecule has 1 fully saturated rings. The Morgan fingerprint density at radius 2 is 2.04 bits per heavy atom. The Labute approximate surface area is 140 Å². The Morgan fingerprint density at radius 1 is 1.35 bits per heavy atom. The molecule has 0 aromatic carbocycles. The zero-order chi connectivity index (χ0) is 17.5. The van der Waals surface area contributed by atoms with Gasteiger partial charge in [-0.1, -0.05) is 0 Å². The third-order valence-corrected chi connectivity index (χ3v) is 3.92. The molecule has 0 saturated carbocycles. The lowest BCUT2D eigenvalue weighted by atomic mass is 9.94. The smallest absolute Gasteiger partial charge is 0.233 e. The van der Waals surface area contributed by atoms with Crippen LogP contribution >= 0.6 is 0 Å². The highest BCUT2D eigenvalue weighted by Crippen LogP contribution is 2.23. The van der Waals surface area contributed by atoms with Crippen molar-refractivity contribution in [3.05, 3.63) is 0 Å². The summed E-state index contributed by atoms with van der Waals surface area (Å²) in [7, 11) is 0. The Morgan fingerprint density at radius 3 is 2.52 bits per heavy atom. The molecule has 0 aromatic heterocycles. The molecule has 0 aliphatic carbocycles. The first kappa shape index (κ1) is 20.4. The van der Waals surface area contributed by atoms with Crippen molar-refractivity contribution in [2.24, 2.45) is 5.92 Å². The summed E-state index contributed by atoms with van der Waals surface area (Å²) in [5.74, 6) is -0.0912. The monoisotopic (exact) mass is 331 g/mol. The summed E-state index contributed by atoms with van der Waals surface area (Å²) < 4.78 is 11.5. The molecule has 136 valence electrons. The summed E-state index contributed by atoms with van der Waals surface area (Å²) in [5.41, 5.74) is -0.431. The number of amides is 1. The first-order chi connectivity index (χ1) is 10.7. The van der Waals surface area contributed by atoms with Crippen molar-refractivity contribution in [1.82, 2.24) is 5.06 Å². The standard InChI is InChI=1S/C17H33NO5/c1-13(20)15(9-10-18(12-19)23-17(3,4)5)14(2)22-16-8-6-7-11-21-16/h12-16,20H,6-11H2,1-5H3. The minimum absolute atomic E-state index is 0.0912. The second-order valence-electron chi connectivity index (χ2n) is 7.28. The lowest BCUT2D eigenvalue weighted by Crippen LogP contribution is -2.39.